The molecule has 0 aliphatic rings. The summed E-state index contributed by atoms with van der Waals surface area (Å²) in [6, 6.07) is 21.2. The number of imidazole rings is 1. The molecule has 0 spiro atoms. The van der Waals surface area contributed by atoms with Crippen LogP contribution < -0.4 is 4.72 Å². The summed E-state index contributed by atoms with van der Waals surface area (Å²) in [7, 11) is -3.82. The van der Waals surface area contributed by atoms with Gasteiger partial charge in [-0.15, -0.1) is 0 Å². The Morgan fingerprint density at radius 1 is 1.00 bits per heavy atom. The summed E-state index contributed by atoms with van der Waals surface area (Å²) < 4.78 is 43.4. The normalized spacial score (nSPS) is 11.8. The molecule has 4 rings (SSSR count). The summed E-state index contributed by atoms with van der Waals surface area (Å²) in [5, 5.41) is 0. The van der Waals surface area contributed by atoms with Crippen LogP contribution in [0.2, 0.25) is 0 Å². The van der Waals surface area contributed by atoms with Gasteiger partial charge < -0.3 is 4.57 Å². The van der Waals surface area contributed by atoms with E-state index in [-0.39, 0.29) is 11.4 Å². The Bertz CT molecular complexity index is 1270. The van der Waals surface area contributed by atoms with Gasteiger partial charge in [0.2, 0.25) is 10.0 Å². The van der Waals surface area contributed by atoms with Gasteiger partial charge >= 0.3 is 0 Å². The third kappa shape index (κ3) is 3.92. The monoisotopic (exact) mass is 409 g/mol. The average molecular weight is 409 g/mol. The summed E-state index contributed by atoms with van der Waals surface area (Å²) in [5.74, 6) is 0.191. The first-order valence-electron chi connectivity index (χ1n) is 9.22. The number of benzene rings is 3. The van der Waals surface area contributed by atoms with Gasteiger partial charge in [0, 0.05) is 18.7 Å². The number of aromatic nitrogens is 2. The van der Waals surface area contributed by atoms with E-state index >= 15 is 0 Å². The summed E-state index contributed by atoms with van der Waals surface area (Å²) in [4.78, 5) is 4.67. The van der Waals surface area contributed by atoms with Crippen LogP contribution in [0.3, 0.4) is 0 Å². The van der Waals surface area contributed by atoms with Gasteiger partial charge in [0.25, 0.3) is 0 Å². The number of hydrogen-bond donors (Lipinski definition) is 1. The molecule has 0 atom stereocenters. The van der Waals surface area contributed by atoms with E-state index in [0.717, 1.165) is 28.5 Å². The molecule has 5 nitrogen and oxygen atoms in total. The van der Waals surface area contributed by atoms with Crippen molar-refractivity contribution >= 4 is 21.1 Å². The quantitative estimate of drug-likeness (QED) is 0.521. The molecule has 0 amide bonds. The Balaban J connectivity index is 1.62. The molecule has 0 radical (unpaired) electrons. The molecule has 0 bridgehead atoms. The zero-order valence-corrected chi connectivity index (χ0v) is 16.7. The first kappa shape index (κ1) is 19.3. The maximum atomic E-state index is 13.5. The van der Waals surface area contributed by atoms with Crippen molar-refractivity contribution in [3.8, 4) is 11.4 Å². The lowest BCUT2D eigenvalue weighted by Gasteiger charge is -2.12. The van der Waals surface area contributed by atoms with Crippen LogP contribution in [0.15, 0.2) is 77.7 Å². The number of aryl methyl sites for hydroxylation is 1. The Hall–Kier alpha value is -3.03. The molecule has 0 aliphatic carbocycles. The maximum Gasteiger partial charge on any atom is 0.240 e. The van der Waals surface area contributed by atoms with Crippen LogP contribution in [0.5, 0.6) is 0 Å². The van der Waals surface area contributed by atoms with E-state index in [4.69, 9.17) is 4.98 Å². The largest absolute Gasteiger partial charge is 0.323 e. The summed E-state index contributed by atoms with van der Waals surface area (Å²) in [5.41, 5.74) is 3.21. The summed E-state index contributed by atoms with van der Waals surface area (Å²) in [6.07, 6.45) is 0. The molecule has 0 saturated heterocycles. The number of halogens is 1. The molecule has 1 heterocycles. The fourth-order valence-corrected chi connectivity index (χ4v) is 4.62. The van der Waals surface area contributed by atoms with Crippen LogP contribution in [-0.4, -0.2) is 24.5 Å². The summed E-state index contributed by atoms with van der Waals surface area (Å²) in [6.45, 7) is 2.18. The molecule has 4 aromatic rings. The van der Waals surface area contributed by atoms with Crippen molar-refractivity contribution in [3.05, 3.63) is 84.2 Å². The first-order chi connectivity index (χ1) is 14.0. The van der Waals surface area contributed by atoms with Crippen molar-refractivity contribution < 1.29 is 12.8 Å². The second-order valence-corrected chi connectivity index (χ2v) is 8.48. The fourth-order valence-electron chi connectivity index (χ4n) is 3.34. The molecule has 0 fully saturated rings. The Labute approximate surface area is 168 Å². The van der Waals surface area contributed by atoms with E-state index in [9.17, 15) is 12.8 Å². The lowest BCUT2D eigenvalue weighted by atomic mass is 10.2. The zero-order chi connectivity index (χ0) is 20.4. The highest BCUT2D eigenvalue weighted by Crippen LogP contribution is 2.24. The number of rotatable bonds is 6. The van der Waals surface area contributed by atoms with E-state index in [1.807, 2.05) is 59.2 Å². The van der Waals surface area contributed by atoms with Crippen LogP contribution in [-0.2, 0) is 16.6 Å². The van der Waals surface area contributed by atoms with Crippen molar-refractivity contribution in [2.24, 2.45) is 0 Å². The van der Waals surface area contributed by atoms with Crippen molar-refractivity contribution in [1.82, 2.24) is 14.3 Å². The van der Waals surface area contributed by atoms with E-state index in [1.54, 1.807) is 6.92 Å². The maximum absolute atomic E-state index is 13.5. The topological polar surface area (TPSA) is 64.0 Å². The SMILES string of the molecule is Cc1ccc(F)cc1S(=O)(=O)NCCn1c(-c2ccccc2)nc2ccccc21. The van der Waals surface area contributed by atoms with Crippen molar-refractivity contribution in [2.75, 3.05) is 6.54 Å². The minimum absolute atomic E-state index is 0.0451. The molecule has 0 unspecified atom stereocenters. The van der Waals surface area contributed by atoms with Gasteiger partial charge in [0.15, 0.2) is 0 Å². The number of sulfonamides is 1. The molecule has 1 aromatic heterocycles. The van der Waals surface area contributed by atoms with Crippen LogP contribution >= 0.6 is 0 Å². The minimum atomic E-state index is -3.82. The van der Waals surface area contributed by atoms with E-state index < -0.39 is 15.8 Å². The van der Waals surface area contributed by atoms with Crippen LogP contribution in [0.25, 0.3) is 22.4 Å². The average Bonchev–Trinajstić information content (AvgIpc) is 3.09. The van der Waals surface area contributed by atoms with Gasteiger partial charge in [0.1, 0.15) is 11.6 Å². The molecule has 0 aliphatic heterocycles. The van der Waals surface area contributed by atoms with Gasteiger partial charge in [-0.05, 0) is 36.8 Å². The predicted octanol–water partition coefficient (Wildman–Crippen LogP) is 4.13. The van der Waals surface area contributed by atoms with Crippen LogP contribution in [0, 0.1) is 12.7 Å². The zero-order valence-electron chi connectivity index (χ0n) is 15.8. The summed E-state index contributed by atoms with van der Waals surface area (Å²) >= 11 is 0. The molecule has 29 heavy (non-hydrogen) atoms. The molecule has 7 heteroatoms. The van der Waals surface area contributed by atoms with E-state index in [1.165, 1.54) is 12.1 Å². The van der Waals surface area contributed by atoms with Gasteiger partial charge in [-0.25, -0.2) is 22.5 Å². The number of fused-ring (bicyclic) bond motifs is 1. The third-order valence-electron chi connectivity index (χ3n) is 4.75. The van der Waals surface area contributed by atoms with Crippen LogP contribution in [0.4, 0.5) is 4.39 Å². The molecule has 148 valence electrons. The van der Waals surface area contributed by atoms with Crippen molar-refractivity contribution in [1.29, 1.82) is 0 Å². The van der Waals surface area contributed by atoms with Gasteiger partial charge in [-0.3, -0.25) is 0 Å². The van der Waals surface area contributed by atoms with Crippen molar-refractivity contribution in [3.63, 3.8) is 0 Å². The first-order valence-corrected chi connectivity index (χ1v) is 10.7. The number of nitrogens with zero attached hydrogens (tertiary/aromatic N) is 2. The minimum Gasteiger partial charge on any atom is -0.323 e. The highest BCUT2D eigenvalue weighted by molar-refractivity contribution is 7.89. The van der Waals surface area contributed by atoms with E-state index in [2.05, 4.69) is 4.72 Å². The Morgan fingerprint density at radius 2 is 1.72 bits per heavy atom. The number of nitrogens with one attached hydrogen (secondary N) is 1. The Morgan fingerprint density at radius 3 is 2.52 bits per heavy atom. The van der Waals surface area contributed by atoms with Gasteiger partial charge in [-0.1, -0.05) is 48.5 Å². The second-order valence-electron chi connectivity index (χ2n) is 6.75. The van der Waals surface area contributed by atoms with Crippen LogP contribution in [0.1, 0.15) is 5.56 Å². The number of hydrogen-bond acceptors (Lipinski definition) is 3. The highest BCUT2D eigenvalue weighted by atomic mass is 32.2. The van der Waals surface area contributed by atoms with E-state index in [0.29, 0.717) is 12.1 Å². The predicted molar refractivity (Wildman–Crippen MR) is 111 cm³/mol. The lowest BCUT2D eigenvalue weighted by Crippen LogP contribution is -2.28. The molecular weight excluding hydrogens is 389 g/mol. The van der Waals surface area contributed by atoms with Gasteiger partial charge in [0.05, 0.1) is 15.9 Å². The second kappa shape index (κ2) is 7.77. The smallest absolute Gasteiger partial charge is 0.240 e. The number of para-hydroxylation sites is 2. The lowest BCUT2D eigenvalue weighted by molar-refractivity contribution is 0.570. The van der Waals surface area contributed by atoms with Gasteiger partial charge in [-0.2, -0.15) is 0 Å². The molecule has 0 saturated carbocycles. The third-order valence-corrected chi connectivity index (χ3v) is 6.36. The molecule has 1 N–H and O–H groups in total. The fraction of sp³-hybridized carbons (Fsp3) is 0.136. The van der Waals surface area contributed by atoms with Crippen molar-refractivity contribution in [2.45, 2.75) is 18.4 Å². The standard InChI is InChI=1S/C22H20FN3O2S/c1-16-11-12-18(23)15-21(16)29(27,28)24-13-14-26-20-10-6-5-9-19(20)25-22(26)17-7-3-2-4-8-17/h2-12,15,24H,13-14H2,1H3. The highest BCUT2D eigenvalue weighted by Gasteiger charge is 2.18. The Kier molecular flexibility index (Phi) is 5.17. The molecule has 3 aromatic carbocycles. The molecular formula is C22H20FN3O2S.